The van der Waals surface area contributed by atoms with E-state index in [9.17, 15) is 14.0 Å². The van der Waals surface area contributed by atoms with Gasteiger partial charge in [-0.15, -0.1) is 12.4 Å². The minimum atomic E-state index is -0.445. The van der Waals surface area contributed by atoms with Gasteiger partial charge in [-0.3, -0.25) is 9.59 Å². The molecule has 0 saturated heterocycles. The smallest absolute Gasteiger partial charge is 0.251 e. The molecular formula is C15H23ClFN3O2. The highest BCUT2D eigenvalue weighted by Crippen LogP contribution is 2.03. The van der Waals surface area contributed by atoms with Gasteiger partial charge in [-0.05, 0) is 31.5 Å². The highest BCUT2D eigenvalue weighted by Gasteiger charge is 2.15. The molecule has 0 saturated carbocycles. The minimum Gasteiger partial charge on any atom is -0.356 e. The first-order valence-electron chi connectivity index (χ1n) is 6.99. The van der Waals surface area contributed by atoms with Crippen LogP contribution in [0.3, 0.4) is 0 Å². The summed E-state index contributed by atoms with van der Waals surface area (Å²) < 4.78 is 13.0. The molecule has 1 rings (SSSR count). The van der Waals surface area contributed by atoms with Gasteiger partial charge in [0.2, 0.25) is 5.91 Å². The summed E-state index contributed by atoms with van der Waals surface area (Å²) in [6.45, 7) is 4.41. The maximum Gasteiger partial charge on any atom is 0.251 e. The predicted octanol–water partition coefficient (Wildman–Crippen LogP) is 1.47. The molecule has 1 aromatic rings. The zero-order valence-electron chi connectivity index (χ0n) is 12.8. The summed E-state index contributed by atoms with van der Waals surface area (Å²) >= 11 is 0. The van der Waals surface area contributed by atoms with Gasteiger partial charge in [-0.1, -0.05) is 13.0 Å². The molecule has 2 amide bonds. The topological polar surface area (TPSA) is 84.2 Å². The molecule has 1 aromatic carbocycles. The van der Waals surface area contributed by atoms with E-state index in [0.29, 0.717) is 19.5 Å². The van der Waals surface area contributed by atoms with Crippen molar-refractivity contribution >= 4 is 24.2 Å². The number of carbonyl (C=O) groups is 2. The molecular weight excluding hydrogens is 309 g/mol. The highest BCUT2D eigenvalue weighted by atomic mass is 35.5. The molecule has 124 valence electrons. The fraction of sp³-hybridized carbons (Fsp3) is 0.467. The Bertz CT molecular complexity index is 497. The van der Waals surface area contributed by atoms with Gasteiger partial charge in [0, 0.05) is 30.6 Å². The van der Waals surface area contributed by atoms with Gasteiger partial charge in [0.25, 0.3) is 5.91 Å². The number of nitrogens with one attached hydrogen (secondary N) is 2. The first-order chi connectivity index (χ1) is 9.91. The molecule has 0 radical (unpaired) electrons. The molecule has 0 spiro atoms. The molecule has 2 atom stereocenters. The van der Waals surface area contributed by atoms with E-state index in [0.717, 1.165) is 0 Å². The number of hydrogen-bond donors (Lipinski definition) is 3. The first kappa shape index (κ1) is 20.3. The molecule has 0 bridgehead atoms. The van der Waals surface area contributed by atoms with E-state index < -0.39 is 5.82 Å². The first-order valence-corrected chi connectivity index (χ1v) is 6.99. The fourth-order valence-electron chi connectivity index (χ4n) is 1.63. The summed E-state index contributed by atoms with van der Waals surface area (Å²) in [6.07, 6.45) is 0.596. The molecule has 0 fully saturated rings. The van der Waals surface area contributed by atoms with Crippen LogP contribution in [0, 0.1) is 11.7 Å². The van der Waals surface area contributed by atoms with Gasteiger partial charge in [-0.25, -0.2) is 4.39 Å². The molecule has 0 aliphatic carbocycles. The third-order valence-corrected chi connectivity index (χ3v) is 3.23. The SMILES string of the molecule is CC(N)C(C)C(=O)NCCCNC(=O)c1cccc(F)c1.Cl. The second-order valence-electron chi connectivity index (χ2n) is 5.06. The second-order valence-corrected chi connectivity index (χ2v) is 5.06. The van der Waals surface area contributed by atoms with Crippen LogP contribution in [-0.4, -0.2) is 30.9 Å². The van der Waals surface area contributed by atoms with Gasteiger partial charge in [0.05, 0.1) is 0 Å². The van der Waals surface area contributed by atoms with Crippen LogP contribution >= 0.6 is 12.4 Å². The van der Waals surface area contributed by atoms with Crippen LogP contribution in [0.4, 0.5) is 4.39 Å². The van der Waals surface area contributed by atoms with Crippen LogP contribution < -0.4 is 16.4 Å². The summed E-state index contributed by atoms with van der Waals surface area (Å²) in [5.74, 6) is -1.11. The van der Waals surface area contributed by atoms with Gasteiger partial charge in [0.15, 0.2) is 0 Å². The van der Waals surface area contributed by atoms with Gasteiger partial charge < -0.3 is 16.4 Å². The number of carbonyl (C=O) groups excluding carboxylic acids is 2. The van der Waals surface area contributed by atoms with E-state index in [-0.39, 0.29) is 41.7 Å². The summed E-state index contributed by atoms with van der Waals surface area (Å²) in [7, 11) is 0. The number of amides is 2. The summed E-state index contributed by atoms with van der Waals surface area (Å²) in [6, 6.07) is 5.30. The van der Waals surface area contributed by atoms with Crippen molar-refractivity contribution in [3.8, 4) is 0 Å². The molecule has 5 nitrogen and oxygen atoms in total. The Balaban J connectivity index is 0.00000441. The van der Waals surface area contributed by atoms with Crippen LogP contribution in [0.15, 0.2) is 24.3 Å². The third-order valence-electron chi connectivity index (χ3n) is 3.23. The van der Waals surface area contributed by atoms with Crippen molar-refractivity contribution < 1.29 is 14.0 Å². The largest absolute Gasteiger partial charge is 0.356 e. The Morgan fingerprint density at radius 3 is 2.45 bits per heavy atom. The lowest BCUT2D eigenvalue weighted by molar-refractivity contribution is -0.124. The maximum absolute atomic E-state index is 13.0. The monoisotopic (exact) mass is 331 g/mol. The van der Waals surface area contributed by atoms with Crippen molar-refractivity contribution in [2.75, 3.05) is 13.1 Å². The van der Waals surface area contributed by atoms with Crippen molar-refractivity contribution in [1.82, 2.24) is 10.6 Å². The highest BCUT2D eigenvalue weighted by molar-refractivity contribution is 5.94. The quantitative estimate of drug-likeness (QED) is 0.661. The summed E-state index contributed by atoms with van der Waals surface area (Å²) in [5.41, 5.74) is 5.92. The number of rotatable bonds is 7. The van der Waals surface area contributed by atoms with Gasteiger partial charge >= 0.3 is 0 Å². The lowest BCUT2D eigenvalue weighted by Crippen LogP contribution is -2.39. The summed E-state index contributed by atoms with van der Waals surface area (Å²) in [4.78, 5) is 23.3. The molecule has 2 unspecified atom stereocenters. The van der Waals surface area contributed by atoms with E-state index in [1.807, 2.05) is 0 Å². The van der Waals surface area contributed by atoms with E-state index in [4.69, 9.17) is 5.73 Å². The van der Waals surface area contributed by atoms with Crippen molar-refractivity contribution in [2.45, 2.75) is 26.3 Å². The molecule has 0 aliphatic heterocycles. The normalized spacial score (nSPS) is 12.7. The van der Waals surface area contributed by atoms with Crippen LogP contribution in [0.5, 0.6) is 0 Å². The van der Waals surface area contributed by atoms with Crippen molar-refractivity contribution in [1.29, 1.82) is 0 Å². The molecule has 7 heteroatoms. The molecule has 0 aromatic heterocycles. The molecule has 0 aliphatic rings. The van der Waals surface area contributed by atoms with Crippen molar-refractivity contribution in [3.63, 3.8) is 0 Å². The van der Waals surface area contributed by atoms with Gasteiger partial charge in [-0.2, -0.15) is 0 Å². The standard InChI is InChI=1S/C15H22FN3O2.ClH/c1-10(11(2)17)14(20)18-7-4-8-19-15(21)12-5-3-6-13(16)9-12;/h3,5-6,9-11H,4,7-8,17H2,1-2H3,(H,18,20)(H,19,21);1H. The van der Waals surface area contributed by atoms with Crippen LogP contribution in [0.2, 0.25) is 0 Å². The number of halogens is 2. The minimum absolute atomic E-state index is 0. The molecule has 0 heterocycles. The Morgan fingerprint density at radius 1 is 1.23 bits per heavy atom. The van der Waals surface area contributed by atoms with Crippen molar-refractivity contribution in [2.24, 2.45) is 11.7 Å². The predicted molar refractivity (Wildman–Crippen MR) is 86.4 cm³/mol. The average Bonchev–Trinajstić information content (AvgIpc) is 2.45. The van der Waals surface area contributed by atoms with Crippen LogP contribution in [0.25, 0.3) is 0 Å². The maximum atomic E-state index is 13.0. The number of hydrogen-bond acceptors (Lipinski definition) is 3. The summed E-state index contributed by atoms with van der Waals surface area (Å²) in [5, 5.41) is 5.43. The third kappa shape index (κ3) is 6.87. The Kier molecular flexibility index (Phi) is 9.37. The zero-order valence-corrected chi connectivity index (χ0v) is 13.6. The van der Waals surface area contributed by atoms with E-state index in [1.54, 1.807) is 19.9 Å². The Labute approximate surface area is 136 Å². The fourth-order valence-corrected chi connectivity index (χ4v) is 1.63. The van der Waals surface area contributed by atoms with E-state index in [2.05, 4.69) is 10.6 Å². The van der Waals surface area contributed by atoms with E-state index >= 15 is 0 Å². The number of nitrogens with two attached hydrogens (primary N) is 1. The van der Waals surface area contributed by atoms with E-state index in [1.165, 1.54) is 18.2 Å². The lowest BCUT2D eigenvalue weighted by atomic mass is 10.0. The molecule has 4 N–H and O–H groups in total. The average molecular weight is 332 g/mol. The second kappa shape index (κ2) is 10.1. The number of benzene rings is 1. The van der Waals surface area contributed by atoms with Crippen LogP contribution in [0.1, 0.15) is 30.6 Å². The zero-order chi connectivity index (χ0) is 15.8. The van der Waals surface area contributed by atoms with Crippen molar-refractivity contribution in [3.05, 3.63) is 35.6 Å². The Morgan fingerprint density at radius 2 is 1.86 bits per heavy atom. The van der Waals surface area contributed by atoms with Crippen LogP contribution in [-0.2, 0) is 4.79 Å². The van der Waals surface area contributed by atoms with Gasteiger partial charge in [0.1, 0.15) is 5.82 Å². The molecule has 22 heavy (non-hydrogen) atoms. The lowest BCUT2D eigenvalue weighted by Gasteiger charge is -2.15. The Hall–Kier alpha value is -1.66.